The van der Waals surface area contributed by atoms with Gasteiger partial charge in [-0.05, 0) is 34.7 Å². The van der Waals surface area contributed by atoms with Crippen LogP contribution < -0.4 is 10.5 Å². The minimum atomic E-state index is 0.116. The molecule has 0 unspecified atom stereocenters. The predicted molar refractivity (Wildman–Crippen MR) is 91.8 cm³/mol. The zero-order chi connectivity index (χ0) is 15.5. The van der Waals surface area contributed by atoms with Gasteiger partial charge in [0.15, 0.2) is 0 Å². The van der Waals surface area contributed by atoms with Crippen LogP contribution in [0.2, 0.25) is 0 Å². The molecule has 2 rings (SSSR count). The van der Waals surface area contributed by atoms with E-state index in [9.17, 15) is 0 Å². The Hall–Kier alpha value is -1.87. The van der Waals surface area contributed by atoms with E-state index in [4.69, 9.17) is 22.7 Å². The lowest BCUT2D eigenvalue weighted by Crippen LogP contribution is -2.11. The largest absolute Gasteiger partial charge is 0.489 e. The summed E-state index contributed by atoms with van der Waals surface area (Å²) < 4.78 is 5.88. The third-order valence-electron chi connectivity index (χ3n) is 3.32. The van der Waals surface area contributed by atoms with Crippen LogP contribution >= 0.6 is 12.2 Å². The van der Waals surface area contributed by atoms with Gasteiger partial charge in [0.05, 0.1) is 0 Å². The lowest BCUT2D eigenvalue weighted by molar-refractivity contribution is 0.305. The van der Waals surface area contributed by atoms with Crippen molar-refractivity contribution in [2.75, 3.05) is 0 Å². The van der Waals surface area contributed by atoms with Crippen molar-refractivity contribution in [1.82, 2.24) is 0 Å². The molecule has 0 aromatic heterocycles. The Bertz CT molecular complexity index is 644. The Labute approximate surface area is 131 Å². The van der Waals surface area contributed by atoms with Gasteiger partial charge in [0.2, 0.25) is 0 Å². The van der Waals surface area contributed by atoms with E-state index in [0.717, 1.165) is 16.9 Å². The second kappa shape index (κ2) is 6.27. The van der Waals surface area contributed by atoms with E-state index in [1.54, 1.807) is 0 Å². The van der Waals surface area contributed by atoms with Crippen LogP contribution in [-0.2, 0) is 12.0 Å². The van der Waals surface area contributed by atoms with E-state index < -0.39 is 0 Å². The van der Waals surface area contributed by atoms with Gasteiger partial charge in [-0.25, -0.2) is 0 Å². The SMILES string of the molecule is CC(C)(C)c1cccc(OCc2cccc(C(N)=S)c2)c1. The second-order valence-corrected chi connectivity index (χ2v) is 6.57. The first-order chi connectivity index (χ1) is 9.86. The molecule has 0 atom stereocenters. The van der Waals surface area contributed by atoms with Crippen molar-refractivity contribution in [3.05, 3.63) is 65.2 Å². The second-order valence-electron chi connectivity index (χ2n) is 6.13. The first-order valence-corrected chi connectivity index (χ1v) is 7.39. The third kappa shape index (κ3) is 4.30. The lowest BCUT2D eigenvalue weighted by Gasteiger charge is -2.19. The summed E-state index contributed by atoms with van der Waals surface area (Å²) in [5.74, 6) is 0.878. The van der Waals surface area contributed by atoms with Crippen molar-refractivity contribution in [2.45, 2.75) is 32.8 Å². The molecule has 0 aliphatic rings. The smallest absolute Gasteiger partial charge is 0.120 e. The van der Waals surface area contributed by atoms with Crippen LogP contribution in [0.25, 0.3) is 0 Å². The van der Waals surface area contributed by atoms with Gasteiger partial charge in [0.1, 0.15) is 17.3 Å². The quantitative estimate of drug-likeness (QED) is 0.859. The summed E-state index contributed by atoms with van der Waals surface area (Å²) in [5.41, 5.74) is 8.95. The highest BCUT2D eigenvalue weighted by Gasteiger charge is 2.13. The highest BCUT2D eigenvalue weighted by Crippen LogP contribution is 2.26. The number of hydrogen-bond donors (Lipinski definition) is 1. The zero-order valence-corrected chi connectivity index (χ0v) is 13.5. The molecule has 0 radical (unpaired) electrons. The zero-order valence-electron chi connectivity index (χ0n) is 12.7. The maximum absolute atomic E-state index is 5.88. The first-order valence-electron chi connectivity index (χ1n) is 6.98. The summed E-state index contributed by atoms with van der Waals surface area (Å²) in [4.78, 5) is 0.409. The van der Waals surface area contributed by atoms with Crippen molar-refractivity contribution in [1.29, 1.82) is 0 Å². The van der Waals surface area contributed by atoms with E-state index in [2.05, 4.69) is 32.9 Å². The molecule has 0 aliphatic carbocycles. The maximum Gasteiger partial charge on any atom is 0.120 e. The predicted octanol–water partition coefficient (Wildman–Crippen LogP) is 4.20. The Kier molecular flexibility index (Phi) is 4.63. The average Bonchev–Trinajstić information content (AvgIpc) is 2.45. The molecule has 21 heavy (non-hydrogen) atoms. The van der Waals surface area contributed by atoms with Crippen molar-refractivity contribution in [3.8, 4) is 5.75 Å². The molecule has 2 aromatic carbocycles. The molecule has 110 valence electrons. The van der Waals surface area contributed by atoms with Crippen molar-refractivity contribution >= 4 is 17.2 Å². The molecule has 3 heteroatoms. The van der Waals surface area contributed by atoms with Crippen molar-refractivity contribution in [3.63, 3.8) is 0 Å². The molecule has 0 saturated carbocycles. The van der Waals surface area contributed by atoms with Crippen LogP contribution in [0.3, 0.4) is 0 Å². The number of rotatable bonds is 4. The minimum absolute atomic E-state index is 0.116. The molecule has 0 heterocycles. The fraction of sp³-hybridized carbons (Fsp3) is 0.278. The lowest BCUT2D eigenvalue weighted by atomic mass is 9.87. The van der Waals surface area contributed by atoms with E-state index in [1.165, 1.54) is 5.56 Å². The Morgan fingerprint density at radius 3 is 2.48 bits per heavy atom. The molecule has 0 fully saturated rings. The number of benzene rings is 2. The van der Waals surface area contributed by atoms with E-state index in [0.29, 0.717) is 11.6 Å². The van der Waals surface area contributed by atoms with Gasteiger partial charge in [-0.2, -0.15) is 0 Å². The molecular formula is C18H21NOS. The molecule has 0 spiro atoms. The van der Waals surface area contributed by atoms with Gasteiger partial charge < -0.3 is 10.5 Å². The molecule has 2 aromatic rings. The highest BCUT2D eigenvalue weighted by atomic mass is 32.1. The van der Waals surface area contributed by atoms with E-state index in [-0.39, 0.29) is 5.41 Å². The maximum atomic E-state index is 5.88. The van der Waals surface area contributed by atoms with Gasteiger partial charge in [-0.15, -0.1) is 0 Å². The number of nitrogens with two attached hydrogens (primary N) is 1. The van der Waals surface area contributed by atoms with Crippen molar-refractivity contribution in [2.24, 2.45) is 5.73 Å². The highest BCUT2D eigenvalue weighted by molar-refractivity contribution is 7.80. The summed E-state index contributed by atoms with van der Waals surface area (Å²) >= 11 is 4.99. The Balaban J connectivity index is 2.10. The first kappa shape index (κ1) is 15.5. The molecule has 0 bridgehead atoms. The molecule has 0 saturated heterocycles. The van der Waals surface area contributed by atoms with Gasteiger partial charge in [0, 0.05) is 5.56 Å². The summed E-state index contributed by atoms with van der Waals surface area (Å²) in [6.45, 7) is 7.08. The summed E-state index contributed by atoms with van der Waals surface area (Å²) in [6, 6.07) is 16.1. The van der Waals surface area contributed by atoms with Crippen LogP contribution in [0.4, 0.5) is 0 Å². The van der Waals surface area contributed by atoms with E-state index in [1.807, 2.05) is 36.4 Å². The number of thiocarbonyl (C=S) groups is 1. The van der Waals surface area contributed by atoms with Gasteiger partial charge in [-0.3, -0.25) is 0 Å². The topological polar surface area (TPSA) is 35.2 Å². The van der Waals surface area contributed by atoms with Crippen LogP contribution in [0, 0.1) is 0 Å². The number of hydrogen-bond acceptors (Lipinski definition) is 2. The van der Waals surface area contributed by atoms with Gasteiger partial charge in [-0.1, -0.05) is 63.3 Å². The number of ether oxygens (including phenoxy) is 1. The van der Waals surface area contributed by atoms with Gasteiger partial charge >= 0.3 is 0 Å². The summed E-state index contributed by atoms with van der Waals surface area (Å²) in [7, 11) is 0. The fourth-order valence-electron chi connectivity index (χ4n) is 2.03. The van der Waals surface area contributed by atoms with Crippen LogP contribution in [0.1, 0.15) is 37.5 Å². The summed E-state index contributed by atoms with van der Waals surface area (Å²) in [6.07, 6.45) is 0. The monoisotopic (exact) mass is 299 g/mol. The minimum Gasteiger partial charge on any atom is -0.489 e. The summed E-state index contributed by atoms with van der Waals surface area (Å²) in [5, 5.41) is 0. The molecule has 2 N–H and O–H groups in total. The fourth-order valence-corrected chi connectivity index (χ4v) is 2.16. The Morgan fingerprint density at radius 2 is 1.81 bits per heavy atom. The third-order valence-corrected chi connectivity index (χ3v) is 3.55. The average molecular weight is 299 g/mol. The molecule has 2 nitrogen and oxygen atoms in total. The van der Waals surface area contributed by atoms with Crippen molar-refractivity contribution < 1.29 is 4.74 Å². The standard InChI is InChI=1S/C18H21NOS/c1-18(2,3)15-8-5-9-16(11-15)20-12-13-6-4-7-14(10-13)17(19)21/h4-11H,12H2,1-3H3,(H2,19,21). The Morgan fingerprint density at radius 1 is 1.10 bits per heavy atom. The van der Waals surface area contributed by atoms with E-state index >= 15 is 0 Å². The normalized spacial score (nSPS) is 11.2. The van der Waals surface area contributed by atoms with Crippen LogP contribution in [-0.4, -0.2) is 4.99 Å². The molecular weight excluding hydrogens is 278 g/mol. The van der Waals surface area contributed by atoms with Crippen LogP contribution in [0.15, 0.2) is 48.5 Å². The van der Waals surface area contributed by atoms with Gasteiger partial charge in [0.25, 0.3) is 0 Å². The molecule has 0 aliphatic heterocycles. The van der Waals surface area contributed by atoms with Crippen LogP contribution in [0.5, 0.6) is 5.75 Å². The molecule has 0 amide bonds.